The monoisotopic (exact) mass is 310 g/mol. The smallest absolute Gasteiger partial charge is 0.251 e. The molecule has 1 amide bonds. The third kappa shape index (κ3) is 3.42. The molecule has 3 rings (SSSR count). The highest BCUT2D eigenvalue weighted by atomic mass is 19.1. The van der Waals surface area contributed by atoms with Crippen molar-refractivity contribution < 1.29 is 9.18 Å². The lowest BCUT2D eigenvalue weighted by atomic mass is 10.1. The summed E-state index contributed by atoms with van der Waals surface area (Å²) in [6.07, 6.45) is 3.08. The van der Waals surface area contributed by atoms with Gasteiger partial charge >= 0.3 is 0 Å². The van der Waals surface area contributed by atoms with Crippen LogP contribution in [0.4, 0.5) is 4.39 Å². The first kappa shape index (κ1) is 14.9. The van der Waals surface area contributed by atoms with Crippen molar-refractivity contribution in [3.63, 3.8) is 0 Å². The van der Waals surface area contributed by atoms with Gasteiger partial charge in [0.05, 0.1) is 11.7 Å². The van der Waals surface area contributed by atoms with Crippen LogP contribution in [0, 0.1) is 5.82 Å². The van der Waals surface area contributed by atoms with Crippen molar-refractivity contribution in [3.8, 4) is 5.69 Å². The molecule has 116 valence electrons. The van der Waals surface area contributed by atoms with Gasteiger partial charge in [-0.05, 0) is 42.8 Å². The van der Waals surface area contributed by atoms with Gasteiger partial charge in [0.1, 0.15) is 18.5 Å². The van der Waals surface area contributed by atoms with Crippen LogP contribution in [0.25, 0.3) is 5.69 Å². The first-order valence-corrected chi connectivity index (χ1v) is 7.15. The van der Waals surface area contributed by atoms with E-state index in [9.17, 15) is 9.18 Å². The molecule has 0 bridgehead atoms. The maximum Gasteiger partial charge on any atom is 0.251 e. The lowest BCUT2D eigenvalue weighted by molar-refractivity contribution is 0.0939. The van der Waals surface area contributed by atoms with E-state index < -0.39 is 5.82 Å². The summed E-state index contributed by atoms with van der Waals surface area (Å²) in [7, 11) is 0. The number of hydrogen-bond donors (Lipinski definition) is 1. The molecular formula is C17H15FN4O. The van der Waals surface area contributed by atoms with Crippen molar-refractivity contribution in [2.24, 2.45) is 0 Å². The molecule has 3 aromatic rings. The van der Waals surface area contributed by atoms with Crippen LogP contribution in [0.2, 0.25) is 0 Å². The van der Waals surface area contributed by atoms with Crippen molar-refractivity contribution in [1.29, 1.82) is 0 Å². The standard InChI is InChI=1S/C17H15FN4O/c1-12(21-17(23)14-3-2-4-15(18)9-14)13-5-7-16(8-6-13)22-11-19-10-20-22/h2-12H,1H3,(H,21,23). The molecular weight excluding hydrogens is 295 g/mol. The molecule has 1 aromatic heterocycles. The van der Waals surface area contributed by atoms with Gasteiger partial charge in [0.15, 0.2) is 0 Å². The fourth-order valence-corrected chi connectivity index (χ4v) is 2.25. The van der Waals surface area contributed by atoms with Crippen molar-refractivity contribution in [1.82, 2.24) is 20.1 Å². The number of halogens is 1. The number of carbonyl (C=O) groups excluding carboxylic acids is 1. The summed E-state index contributed by atoms with van der Waals surface area (Å²) in [6, 6.07) is 13.0. The minimum atomic E-state index is -0.428. The summed E-state index contributed by atoms with van der Waals surface area (Å²) in [5.74, 6) is -0.736. The Morgan fingerprint density at radius 2 is 2.00 bits per heavy atom. The molecule has 0 aliphatic rings. The number of nitrogens with zero attached hydrogens (tertiary/aromatic N) is 3. The number of amides is 1. The SMILES string of the molecule is CC(NC(=O)c1cccc(F)c1)c1ccc(-n2cncn2)cc1. The first-order valence-electron chi connectivity index (χ1n) is 7.15. The Labute approximate surface area is 132 Å². The average molecular weight is 310 g/mol. The molecule has 0 saturated heterocycles. The Kier molecular flexibility index (Phi) is 4.14. The van der Waals surface area contributed by atoms with Gasteiger partial charge in [0.2, 0.25) is 0 Å². The van der Waals surface area contributed by atoms with Crippen LogP contribution in [-0.4, -0.2) is 20.7 Å². The lowest BCUT2D eigenvalue weighted by Gasteiger charge is -2.15. The average Bonchev–Trinajstić information content (AvgIpc) is 3.09. The van der Waals surface area contributed by atoms with Gasteiger partial charge in [0, 0.05) is 5.56 Å². The normalized spacial score (nSPS) is 11.9. The zero-order valence-corrected chi connectivity index (χ0v) is 12.5. The van der Waals surface area contributed by atoms with Crippen molar-refractivity contribution >= 4 is 5.91 Å². The minimum absolute atomic E-state index is 0.199. The highest BCUT2D eigenvalue weighted by Gasteiger charge is 2.12. The molecule has 1 N–H and O–H groups in total. The van der Waals surface area contributed by atoms with E-state index in [1.54, 1.807) is 17.1 Å². The Balaban J connectivity index is 1.70. The number of carbonyl (C=O) groups is 1. The largest absolute Gasteiger partial charge is 0.346 e. The molecule has 23 heavy (non-hydrogen) atoms. The lowest BCUT2D eigenvalue weighted by Crippen LogP contribution is -2.26. The number of hydrogen-bond acceptors (Lipinski definition) is 3. The quantitative estimate of drug-likeness (QED) is 0.806. The summed E-state index contributed by atoms with van der Waals surface area (Å²) in [4.78, 5) is 16.0. The maximum absolute atomic E-state index is 13.2. The van der Waals surface area contributed by atoms with Crippen LogP contribution in [-0.2, 0) is 0 Å². The Hall–Kier alpha value is -3.02. The van der Waals surface area contributed by atoms with Gasteiger partial charge in [-0.3, -0.25) is 4.79 Å². The highest BCUT2D eigenvalue weighted by molar-refractivity contribution is 5.94. The predicted octanol–water partition coefficient (Wildman–Crippen LogP) is 2.90. The number of benzene rings is 2. The Bertz CT molecular complexity index is 800. The first-order chi connectivity index (χ1) is 11.1. The van der Waals surface area contributed by atoms with Crippen LogP contribution in [0.5, 0.6) is 0 Å². The molecule has 2 aromatic carbocycles. The summed E-state index contributed by atoms with van der Waals surface area (Å²) < 4.78 is 14.8. The van der Waals surface area contributed by atoms with Crippen LogP contribution in [0.15, 0.2) is 61.2 Å². The number of rotatable bonds is 4. The maximum atomic E-state index is 13.2. The van der Waals surface area contributed by atoms with Crippen LogP contribution in [0.1, 0.15) is 28.9 Å². The number of aromatic nitrogens is 3. The van der Waals surface area contributed by atoms with E-state index in [-0.39, 0.29) is 11.9 Å². The summed E-state index contributed by atoms with van der Waals surface area (Å²) in [5.41, 5.74) is 2.13. The van der Waals surface area contributed by atoms with E-state index in [1.165, 1.54) is 24.5 Å². The van der Waals surface area contributed by atoms with E-state index in [0.717, 1.165) is 11.3 Å². The molecule has 0 aliphatic carbocycles. The molecule has 0 radical (unpaired) electrons. The van der Waals surface area contributed by atoms with E-state index in [1.807, 2.05) is 31.2 Å². The molecule has 1 atom stereocenters. The fourth-order valence-electron chi connectivity index (χ4n) is 2.25. The van der Waals surface area contributed by atoms with Gasteiger partial charge in [-0.2, -0.15) is 5.10 Å². The van der Waals surface area contributed by atoms with Crippen LogP contribution in [0.3, 0.4) is 0 Å². The second-order valence-corrected chi connectivity index (χ2v) is 5.14. The van der Waals surface area contributed by atoms with Crippen molar-refractivity contribution in [2.45, 2.75) is 13.0 Å². The topological polar surface area (TPSA) is 59.8 Å². The molecule has 1 unspecified atom stereocenters. The molecule has 6 heteroatoms. The van der Waals surface area contributed by atoms with Gasteiger partial charge in [0.25, 0.3) is 5.91 Å². The van der Waals surface area contributed by atoms with Gasteiger partial charge < -0.3 is 5.32 Å². The third-order valence-electron chi connectivity index (χ3n) is 3.51. The molecule has 0 fully saturated rings. The third-order valence-corrected chi connectivity index (χ3v) is 3.51. The Morgan fingerprint density at radius 3 is 2.65 bits per heavy atom. The molecule has 0 spiro atoms. The van der Waals surface area contributed by atoms with Gasteiger partial charge in [-0.15, -0.1) is 0 Å². The van der Waals surface area contributed by atoms with E-state index in [0.29, 0.717) is 5.56 Å². The highest BCUT2D eigenvalue weighted by Crippen LogP contribution is 2.16. The second-order valence-electron chi connectivity index (χ2n) is 5.14. The molecule has 0 saturated carbocycles. The zero-order chi connectivity index (χ0) is 16.2. The minimum Gasteiger partial charge on any atom is -0.346 e. The molecule has 0 aliphatic heterocycles. The summed E-state index contributed by atoms with van der Waals surface area (Å²) in [6.45, 7) is 1.88. The van der Waals surface area contributed by atoms with Crippen LogP contribution < -0.4 is 5.32 Å². The van der Waals surface area contributed by atoms with Gasteiger partial charge in [-0.25, -0.2) is 14.1 Å². The van der Waals surface area contributed by atoms with Crippen molar-refractivity contribution in [2.75, 3.05) is 0 Å². The van der Waals surface area contributed by atoms with E-state index in [4.69, 9.17) is 0 Å². The summed E-state index contributed by atoms with van der Waals surface area (Å²) in [5, 5.41) is 6.91. The van der Waals surface area contributed by atoms with E-state index in [2.05, 4.69) is 15.4 Å². The fraction of sp³-hybridized carbons (Fsp3) is 0.118. The Morgan fingerprint density at radius 1 is 1.22 bits per heavy atom. The zero-order valence-electron chi connectivity index (χ0n) is 12.5. The van der Waals surface area contributed by atoms with Crippen molar-refractivity contribution in [3.05, 3.63) is 78.1 Å². The second kappa shape index (κ2) is 6.39. The molecule has 1 heterocycles. The van der Waals surface area contributed by atoms with Gasteiger partial charge in [-0.1, -0.05) is 18.2 Å². The molecule has 5 nitrogen and oxygen atoms in total. The van der Waals surface area contributed by atoms with E-state index >= 15 is 0 Å². The summed E-state index contributed by atoms with van der Waals surface area (Å²) >= 11 is 0. The number of nitrogens with one attached hydrogen (secondary N) is 1. The van der Waals surface area contributed by atoms with Crippen LogP contribution >= 0.6 is 0 Å². The predicted molar refractivity (Wildman–Crippen MR) is 83.6 cm³/mol.